The van der Waals surface area contributed by atoms with E-state index in [1.165, 1.54) is 4.90 Å². The number of carbonyl (C=O) groups is 4. The molecule has 1 aliphatic heterocycles. The smallest absolute Gasteiger partial charge is 0.251 e. The van der Waals surface area contributed by atoms with Crippen LogP contribution in [0, 0.1) is 27.6 Å². The molecule has 0 spiro atoms. The summed E-state index contributed by atoms with van der Waals surface area (Å²) in [4.78, 5) is 61.0. The van der Waals surface area contributed by atoms with Gasteiger partial charge < -0.3 is 40.7 Å². The average Bonchev–Trinajstić information content (AvgIpc) is 3.95. The van der Waals surface area contributed by atoms with E-state index in [1.807, 2.05) is 62.7 Å². The van der Waals surface area contributed by atoms with Crippen molar-refractivity contribution in [3.05, 3.63) is 99.6 Å². The number of β-amino-alcohol motifs (C(OH)–C–C–N with tert-alkyl or cyclic N) is 1. The molecule has 1 aromatic heterocycles. The molecular weight excluding hydrogens is 902 g/mol. The molecule has 2 heterocycles. The molecule has 14 nitrogen and oxygen atoms in total. The van der Waals surface area contributed by atoms with Crippen molar-refractivity contribution in [2.75, 3.05) is 31.6 Å². The number of hydrogen-bond acceptors (Lipinski definition) is 11. The van der Waals surface area contributed by atoms with Gasteiger partial charge >= 0.3 is 0 Å². The van der Waals surface area contributed by atoms with Gasteiger partial charge in [-0.15, -0.1) is 11.3 Å². The highest BCUT2D eigenvalue weighted by Crippen LogP contribution is 2.55. The van der Waals surface area contributed by atoms with E-state index < -0.39 is 35.4 Å². The highest BCUT2D eigenvalue weighted by molar-refractivity contribution is 7.13. The van der Waals surface area contributed by atoms with Gasteiger partial charge in [-0.2, -0.15) is 5.26 Å². The van der Waals surface area contributed by atoms with Crippen molar-refractivity contribution >= 4 is 52.3 Å². The number of nitrogens with zero attached hydrogens (tertiary/aromatic N) is 3. The largest absolute Gasteiger partial charge is 0.489 e. The first kappa shape index (κ1) is 51.9. The number of benzene rings is 3. The van der Waals surface area contributed by atoms with Gasteiger partial charge in [-0.25, -0.2) is 4.98 Å². The molecular formula is C52H66ClN7O7S. The van der Waals surface area contributed by atoms with Crippen LogP contribution in [-0.4, -0.2) is 95.3 Å². The van der Waals surface area contributed by atoms with Gasteiger partial charge in [-0.05, 0) is 71.7 Å². The van der Waals surface area contributed by atoms with Crippen molar-refractivity contribution < 1.29 is 33.8 Å². The molecule has 16 heteroatoms. The summed E-state index contributed by atoms with van der Waals surface area (Å²) in [5.74, 6) is -0.549. The molecule has 0 bridgehead atoms. The van der Waals surface area contributed by atoms with E-state index in [-0.39, 0.29) is 60.9 Å². The Hall–Kier alpha value is -5.53. The highest BCUT2D eigenvalue weighted by atomic mass is 35.5. The molecule has 2 fully saturated rings. The summed E-state index contributed by atoms with van der Waals surface area (Å²) in [6.45, 7) is 19.0. The second-order valence-corrected chi connectivity index (χ2v) is 21.7. The van der Waals surface area contributed by atoms with E-state index in [2.05, 4.69) is 73.9 Å². The molecule has 1 saturated heterocycles. The third-order valence-corrected chi connectivity index (χ3v) is 14.2. The molecule has 1 aliphatic carbocycles. The Bertz CT molecular complexity index is 2440. The number of unbranched alkanes of at least 4 members (excludes halogenated alkanes) is 1. The van der Waals surface area contributed by atoms with Crippen LogP contribution in [0.5, 0.6) is 5.75 Å². The molecule has 2 aliphatic rings. The van der Waals surface area contributed by atoms with Gasteiger partial charge in [0.15, 0.2) is 0 Å². The highest BCUT2D eigenvalue weighted by Gasteiger charge is 2.64. The Balaban J connectivity index is 0.899. The van der Waals surface area contributed by atoms with Gasteiger partial charge in [0.2, 0.25) is 17.7 Å². The first-order valence-corrected chi connectivity index (χ1v) is 24.5. The molecule has 0 unspecified atom stereocenters. The number of hydrogen-bond donors (Lipinski definition) is 5. The minimum atomic E-state index is -0.957. The van der Waals surface area contributed by atoms with E-state index in [4.69, 9.17) is 21.1 Å². The maximum absolute atomic E-state index is 14.0. The minimum Gasteiger partial charge on any atom is -0.489 e. The summed E-state index contributed by atoms with van der Waals surface area (Å²) in [5, 5.41) is 32.5. The lowest BCUT2D eigenvalue weighted by Crippen LogP contribution is -2.74. The van der Waals surface area contributed by atoms with Gasteiger partial charge in [-0.1, -0.05) is 98.2 Å². The third-order valence-electron chi connectivity index (χ3n) is 13.0. The second-order valence-electron chi connectivity index (χ2n) is 20.5. The SMILES string of the molecule is CC(C)c1ncsc1-c1ccc(CNC(=O)[C@@H]2C[C@@H](O)CN2C(=O)[C@@H](NC(=O)COCCCCNc2ccc(C(=O)N[C@H]3C(C)(C)[C@H](Oc4ccc(C#N)c(Cl)c4)C3(C)C)cc2)C(C)(C)C)cc1. The van der Waals surface area contributed by atoms with Gasteiger partial charge in [0, 0.05) is 66.9 Å². The van der Waals surface area contributed by atoms with Gasteiger partial charge in [0.25, 0.3) is 5.91 Å². The number of likely N-dealkylation sites (tertiary alicyclic amines) is 1. The van der Waals surface area contributed by atoms with Crippen LogP contribution in [0.4, 0.5) is 5.69 Å². The number of anilines is 1. The number of nitrogens with one attached hydrogen (secondary N) is 4. The number of halogens is 1. The van der Waals surface area contributed by atoms with Crippen LogP contribution in [0.1, 0.15) is 115 Å². The number of aliphatic hydroxyl groups excluding tert-OH is 1. The molecule has 3 aromatic carbocycles. The summed E-state index contributed by atoms with van der Waals surface area (Å²) >= 11 is 7.84. The molecule has 0 radical (unpaired) electrons. The summed E-state index contributed by atoms with van der Waals surface area (Å²) in [5.41, 5.74) is 5.19. The van der Waals surface area contributed by atoms with E-state index in [0.717, 1.165) is 33.8 Å². The summed E-state index contributed by atoms with van der Waals surface area (Å²) in [7, 11) is 0. The Morgan fingerprint density at radius 3 is 2.32 bits per heavy atom. The first-order valence-electron chi connectivity index (χ1n) is 23.3. The Labute approximate surface area is 409 Å². The number of aromatic nitrogens is 1. The zero-order valence-corrected chi connectivity index (χ0v) is 42.1. The molecule has 6 rings (SSSR count). The van der Waals surface area contributed by atoms with Crippen molar-refractivity contribution in [1.29, 1.82) is 5.26 Å². The van der Waals surface area contributed by atoms with Crippen molar-refractivity contribution in [2.45, 2.75) is 124 Å². The monoisotopic (exact) mass is 967 g/mol. The lowest BCUT2D eigenvalue weighted by Gasteiger charge is -2.63. The van der Waals surface area contributed by atoms with Crippen molar-refractivity contribution in [3.63, 3.8) is 0 Å². The molecule has 364 valence electrons. The van der Waals surface area contributed by atoms with Crippen molar-refractivity contribution in [3.8, 4) is 22.3 Å². The number of thiazole rings is 1. The van der Waals surface area contributed by atoms with Gasteiger partial charge in [0.05, 0.1) is 32.8 Å². The lowest BCUT2D eigenvalue weighted by molar-refractivity contribution is -0.164. The Kier molecular flexibility index (Phi) is 16.6. The van der Waals surface area contributed by atoms with Crippen LogP contribution >= 0.6 is 22.9 Å². The normalized spacial score (nSPS) is 19.9. The quantitative estimate of drug-likeness (QED) is 0.0574. The average molecular weight is 969 g/mol. The molecule has 4 amide bonds. The van der Waals surface area contributed by atoms with E-state index >= 15 is 0 Å². The van der Waals surface area contributed by atoms with Crippen LogP contribution in [0.15, 0.2) is 72.2 Å². The minimum absolute atomic E-state index is 0.0143. The van der Waals surface area contributed by atoms with E-state index in [1.54, 1.807) is 41.7 Å². The number of carbonyl (C=O) groups excluding carboxylic acids is 4. The topological polar surface area (TPSA) is 195 Å². The summed E-state index contributed by atoms with van der Waals surface area (Å²) < 4.78 is 12.0. The summed E-state index contributed by atoms with van der Waals surface area (Å²) in [6, 6.07) is 20.3. The number of nitriles is 1. The number of ether oxygens (including phenoxy) is 2. The van der Waals surface area contributed by atoms with Crippen LogP contribution in [0.3, 0.4) is 0 Å². The zero-order valence-electron chi connectivity index (χ0n) is 40.6. The number of amides is 4. The second kappa shape index (κ2) is 21.8. The third kappa shape index (κ3) is 12.2. The fourth-order valence-corrected chi connectivity index (χ4v) is 10.7. The van der Waals surface area contributed by atoms with Gasteiger partial charge in [0.1, 0.15) is 36.6 Å². The lowest BCUT2D eigenvalue weighted by atomic mass is 9.49. The maximum atomic E-state index is 14.0. The van der Waals surface area contributed by atoms with Crippen molar-refractivity contribution in [1.82, 2.24) is 25.8 Å². The molecule has 4 aromatic rings. The fourth-order valence-electron chi connectivity index (χ4n) is 9.56. The maximum Gasteiger partial charge on any atom is 0.251 e. The van der Waals surface area contributed by atoms with Crippen molar-refractivity contribution in [2.24, 2.45) is 16.2 Å². The molecule has 5 N–H and O–H groups in total. The molecule has 3 atom stereocenters. The van der Waals surface area contributed by atoms with Crippen LogP contribution in [0.25, 0.3) is 10.4 Å². The Morgan fingerprint density at radius 1 is 1.00 bits per heavy atom. The van der Waals surface area contributed by atoms with Crippen LogP contribution in [0.2, 0.25) is 5.02 Å². The predicted molar refractivity (Wildman–Crippen MR) is 265 cm³/mol. The molecule has 1 saturated carbocycles. The van der Waals surface area contributed by atoms with Crippen LogP contribution < -0.4 is 26.0 Å². The predicted octanol–water partition coefficient (Wildman–Crippen LogP) is 8.09. The summed E-state index contributed by atoms with van der Waals surface area (Å²) in [6.07, 6.45) is 0.450. The molecule has 68 heavy (non-hydrogen) atoms. The van der Waals surface area contributed by atoms with E-state index in [0.29, 0.717) is 47.4 Å². The Morgan fingerprint density at radius 2 is 1.69 bits per heavy atom. The number of rotatable bonds is 19. The standard InChI is InChI=1S/C52H66ClN7O7S/c1-31(2)42-43(68-30-57-42)33-14-12-32(13-15-33)27-56-46(64)40-24-37(61)28-60(40)47(65)44(50(3,4)5)58-41(62)29-66-23-11-10-22-55-36-19-16-34(17-20-36)45(63)59-48-51(6,7)49(52(48,8)9)67-38-21-18-35(26-54)39(53)25-38/h12-21,25,30-31,37,40,44,48-49,55,61H,10-11,22-24,27-29H2,1-9H3,(H,56,64)(H,58,62)(H,59,63)/t37-,40+,44-,48-,49-/m1/s1. The zero-order chi connectivity index (χ0) is 49.6. The first-order chi connectivity index (χ1) is 32.1. The van der Waals surface area contributed by atoms with Crippen LogP contribution in [-0.2, 0) is 25.7 Å². The van der Waals surface area contributed by atoms with Gasteiger partial charge in [-0.3, -0.25) is 19.2 Å². The fraction of sp³-hybridized carbons (Fsp3) is 0.500. The number of aliphatic hydroxyl groups is 1. The van der Waals surface area contributed by atoms with E-state index in [9.17, 15) is 29.5 Å².